The number of amides is 1. The third kappa shape index (κ3) is 4.42. The van der Waals surface area contributed by atoms with Crippen LogP contribution in [0.3, 0.4) is 0 Å². The van der Waals surface area contributed by atoms with Crippen LogP contribution in [0.5, 0.6) is 0 Å². The van der Waals surface area contributed by atoms with E-state index in [4.69, 9.17) is 4.74 Å². The minimum atomic E-state index is -3.78. The number of halogens is 2. The highest BCUT2D eigenvalue weighted by molar-refractivity contribution is 7.89. The van der Waals surface area contributed by atoms with Crippen LogP contribution in [-0.4, -0.2) is 62.9 Å². The molecular weight excluding hydrogens is 438 g/mol. The van der Waals surface area contributed by atoms with Gasteiger partial charge in [0.25, 0.3) is 0 Å². The van der Waals surface area contributed by atoms with Crippen LogP contribution in [0.2, 0.25) is 0 Å². The molecule has 9 heteroatoms. The molecule has 0 atom stereocenters. The van der Waals surface area contributed by atoms with Crippen molar-refractivity contribution in [3.63, 3.8) is 0 Å². The zero-order valence-corrected chi connectivity index (χ0v) is 18.5. The zero-order valence-electron chi connectivity index (χ0n) is 17.7. The lowest BCUT2D eigenvalue weighted by molar-refractivity contribution is -0.141. The Bertz CT molecular complexity index is 1050. The van der Waals surface area contributed by atoms with Gasteiger partial charge in [0.2, 0.25) is 15.9 Å². The van der Waals surface area contributed by atoms with Crippen molar-refractivity contribution in [3.05, 3.63) is 65.7 Å². The lowest BCUT2D eigenvalue weighted by Gasteiger charge is -2.40. The van der Waals surface area contributed by atoms with Crippen molar-refractivity contribution in [1.29, 1.82) is 0 Å². The Hall–Kier alpha value is -2.36. The van der Waals surface area contributed by atoms with E-state index in [9.17, 15) is 22.0 Å². The van der Waals surface area contributed by atoms with Crippen molar-refractivity contribution < 1.29 is 26.7 Å². The van der Waals surface area contributed by atoms with Gasteiger partial charge in [-0.2, -0.15) is 4.31 Å². The van der Waals surface area contributed by atoms with Gasteiger partial charge in [0.05, 0.1) is 10.3 Å². The summed E-state index contributed by atoms with van der Waals surface area (Å²) in [5, 5.41) is 0. The molecule has 32 heavy (non-hydrogen) atoms. The van der Waals surface area contributed by atoms with Crippen LogP contribution in [0.1, 0.15) is 24.8 Å². The molecule has 2 heterocycles. The molecule has 2 aromatic rings. The summed E-state index contributed by atoms with van der Waals surface area (Å²) in [5.74, 6) is -0.938. The van der Waals surface area contributed by atoms with Gasteiger partial charge in [-0.15, -0.1) is 0 Å². The smallest absolute Gasteiger partial charge is 0.243 e. The van der Waals surface area contributed by atoms with Crippen molar-refractivity contribution in [2.75, 3.05) is 39.4 Å². The molecule has 2 aromatic carbocycles. The highest BCUT2D eigenvalue weighted by atomic mass is 32.2. The Morgan fingerprint density at radius 2 is 1.44 bits per heavy atom. The van der Waals surface area contributed by atoms with Crippen molar-refractivity contribution in [2.24, 2.45) is 0 Å². The summed E-state index contributed by atoms with van der Waals surface area (Å²) in [6.45, 7) is 1.97. The van der Waals surface area contributed by atoms with Gasteiger partial charge in [-0.25, -0.2) is 17.2 Å². The number of ether oxygens (including phenoxy) is 1. The van der Waals surface area contributed by atoms with Gasteiger partial charge in [-0.3, -0.25) is 4.79 Å². The van der Waals surface area contributed by atoms with E-state index >= 15 is 0 Å². The highest BCUT2D eigenvalue weighted by Gasteiger charge is 2.44. The molecule has 0 saturated carbocycles. The number of hydrogen-bond acceptors (Lipinski definition) is 4. The van der Waals surface area contributed by atoms with Gasteiger partial charge in [0, 0.05) is 39.4 Å². The van der Waals surface area contributed by atoms with Crippen LogP contribution in [0.25, 0.3) is 0 Å². The first-order valence-electron chi connectivity index (χ1n) is 10.7. The second-order valence-electron chi connectivity index (χ2n) is 8.21. The van der Waals surface area contributed by atoms with Gasteiger partial charge >= 0.3 is 0 Å². The maximum atomic E-state index is 13.7. The summed E-state index contributed by atoms with van der Waals surface area (Å²) < 4.78 is 59.5. The number of carbonyl (C=O) groups is 1. The molecule has 2 saturated heterocycles. The normalized spacial score (nSPS) is 20.0. The molecule has 2 aliphatic rings. The second kappa shape index (κ2) is 9.25. The minimum Gasteiger partial charge on any atom is -0.381 e. The molecule has 2 fully saturated rings. The first-order valence-corrected chi connectivity index (χ1v) is 12.2. The van der Waals surface area contributed by atoms with Crippen LogP contribution in [-0.2, 0) is 25.0 Å². The molecule has 172 valence electrons. The summed E-state index contributed by atoms with van der Waals surface area (Å²) in [6, 6.07) is 10.8. The lowest BCUT2D eigenvalue weighted by Crippen LogP contribution is -2.51. The Balaban J connectivity index is 1.54. The summed E-state index contributed by atoms with van der Waals surface area (Å²) in [7, 11) is -3.78. The topological polar surface area (TPSA) is 66.9 Å². The molecule has 0 radical (unpaired) electrons. The van der Waals surface area contributed by atoms with Crippen molar-refractivity contribution in [2.45, 2.75) is 29.6 Å². The molecule has 0 aromatic heterocycles. The summed E-state index contributed by atoms with van der Waals surface area (Å²) in [5.41, 5.74) is -0.0519. The number of nitrogens with zero attached hydrogens (tertiary/aromatic N) is 2. The number of rotatable bonds is 4. The Morgan fingerprint density at radius 3 is 2.06 bits per heavy atom. The van der Waals surface area contributed by atoms with Gasteiger partial charge in [-0.05, 0) is 61.2 Å². The molecule has 4 rings (SSSR count). The van der Waals surface area contributed by atoms with Gasteiger partial charge in [0.15, 0.2) is 0 Å². The SMILES string of the molecule is O=C(N1CCCN(S(=O)(=O)c2ccc(F)cc2)CC1)C1(c2ccc(F)cc2)CCOCC1. The molecule has 0 aliphatic carbocycles. The summed E-state index contributed by atoms with van der Waals surface area (Å²) in [4.78, 5) is 15.5. The third-order valence-electron chi connectivity index (χ3n) is 6.35. The van der Waals surface area contributed by atoms with Crippen LogP contribution in [0.4, 0.5) is 8.78 Å². The first-order chi connectivity index (χ1) is 15.3. The van der Waals surface area contributed by atoms with E-state index in [1.165, 1.54) is 28.6 Å². The summed E-state index contributed by atoms with van der Waals surface area (Å²) in [6.07, 6.45) is 1.47. The lowest BCUT2D eigenvalue weighted by atomic mass is 9.73. The van der Waals surface area contributed by atoms with Crippen LogP contribution >= 0.6 is 0 Å². The summed E-state index contributed by atoms with van der Waals surface area (Å²) >= 11 is 0. The van der Waals surface area contributed by atoms with E-state index in [0.717, 1.165) is 17.7 Å². The van der Waals surface area contributed by atoms with E-state index in [2.05, 4.69) is 0 Å². The molecule has 0 unspecified atom stereocenters. The fraction of sp³-hybridized carbons (Fsp3) is 0.435. The Morgan fingerprint density at radius 1 is 0.844 bits per heavy atom. The van der Waals surface area contributed by atoms with Crippen LogP contribution in [0.15, 0.2) is 53.4 Å². The number of carbonyl (C=O) groups excluding carboxylic acids is 1. The minimum absolute atomic E-state index is 0.0332. The van der Waals surface area contributed by atoms with Crippen molar-refractivity contribution in [3.8, 4) is 0 Å². The fourth-order valence-electron chi connectivity index (χ4n) is 4.51. The monoisotopic (exact) mass is 464 g/mol. The average molecular weight is 465 g/mol. The Labute approximate surface area is 186 Å². The Kier molecular flexibility index (Phi) is 6.60. The molecular formula is C23H26F2N2O4S. The maximum Gasteiger partial charge on any atom is 0.243 e. The largest absolute Gasteiger partial charge is 0.381 e. The molecule has 6 nitrogen and oxygen atoms in total. The van der Waals surface area contributed by atoms with Gasteiger partial charge in [0.1, 0.15) is 11.6 Å². The predicted molar refractivity (Wildman–Crippen MR) is 114 cm³/mol. The van der Waals surface area contributed by atoms with Gasteiger partial charge < -0.3 is 9.64 Å². The van der Waals surface area contributed by atoms with E-state index in [1.54, 1.807) is 17.0 Å². The van der Waals surface area contributed by atoms with Crippen molar-refractivity contribution in [1.82, 2.24) is 9.21 Å². The highest BCUT2D eigenvalue weighted by Crippen LogP contribution is 2.37. The van der Waals surface area contributed by atoms with E-state index in [1.807, 2.05) is 0 Å². The van der Waals surface area contributed by atoms with E-state index in [0.29, 0.717) is 39.0 Å². The standard InChI is InChI=1S/C23H26F2N2O4S/c24-19-4-2-18(3-5-19)23(10-16-31-17-11-23)22(28)26-12-1-13-27(15-14-26)32(29,30)21-8-6-20(25)7-9-21/h2-9H,1,10-17H2. The second-order valence-corrected chi connectivity index (χ2v) is 10.1. The average Bonchev–Trinajstić information content (AvgIpc) is 3.07. The number of sulfonamides is 1. The zero-order chi connectivity index (χ0) is 22.8. The van der Waals surface area contributed by atoms with Crippen LogP contribution < -0.4 is 0 Å². The van der Waals surface area contributed by atoms with Crippen molar-refractivity contribution >= 4 is 15.9 Å². The molecule has 0 N–H and O–H groups in total. The number of benzene rings is 2. The first kappa shape index (κ1) is 22.8. The predicted octanol–water partition coefficient (Wildman–Crippen LogP) is 2.94. The van der Waals surface area contributed by atoms with Gasteiger partial charge in [-0.1, -0.05) is 12.1 Å². The quantitative estimate of drug-likeness (QED) is 0.698. The molecule has 1 amide bonds. The third-order valence-corrected chi connectivity index (χ3v) is 8.26. The van der Waals surface area contributed by atoms with E-state index < -0.39 is 21.3 Å². The molecule has 0 spiro atoms. The fourth-order valence-corrected chi connectivity index (χ4v) is 5.98. The van der Waals surface area contributed by atoms with E-state index in [-0.39, 0.29) is 36.3 Å². The maximum absolute atomic E-state index is 13.7. The molecule has 0 bridgehead atoms. The molecule has 2 aliphatic heterocycles. The number of hydrogen-bond donors (Lipinski definition) is 0. The van der Waals surface area contributed by atoms with Crippen LogP contribution in [0, 0.1) is 11.6 Å².